The molecule has 1 aliphatic heterocycles. The third-order valence-corrected chi connectivity index (χ3v) is 8.29. The van der Waals surface area contributed by atoms with Gasteiger partial charge in [-0.15, -0.1) is 0 Å². The minimum atomic E-state index is -3.67. The Kier molecular flexibility index (Phi) is 7.65. The van der Waals surface area contributed by atoms with E-state index in [0.717, 1.165) is 23.4 Å². The van der Waals surface area contributed by atoms with Gasteiger partial charge in [-0.1, -0.05) is 24.3 Å². The maximum absolute atomic E-state index is 13.1. The minimum absolute atomic E-state index is 0.0599. The summed E-state index contributed by atoms with van der Waals surface area (Å²) >= 11 is 0. The molecular formula is C21H26FN3O5S2. The van der Waals surface area contributed by atoms with E-state index in [1.165, 1.54) is 40.7 Å². The Bertz CT molecular complexity index is 1140. The Morgan fingerprint density at radius 2 is 1.53 bits per heavy atom. The van der Waals surface area contributed by atoms with Crippen LogP contribution in [0.15, 0.2) is 53.4 Å². The van der Waals surface area contributed by atoms with Gasteiger partial charge < -0.3 is 5.32 Å². The van der Waals surface area contributed by atoms with Gasteiger partial charge in [0, 0.05) is 26.2 Å². The number of sulfonamides is 2. The molecule has 0 aromatic heterocycles. The summed E-state index contributed by atoms with van der Waals surface area (Å²) in [7, 11) is -7.18. The summed E-state index contributed by atoms with van der Waals surface area (Å²) in [6.45, 7) is 0.716. The van der Waals surface area contributed by atoms with E-state index in [1.54, 1.807) is 12.1 Å². The summed E-state index contributed by atoms with van der Waals surface area (Å²) in [5.41, 5.74) is 1.24. The first-order chi connectivity index (χ1) is 15.1. The van der Waals surface area contributed by atoms with Gasteiger partial charge >= 0.3 is 0 Å². The lowest BCUT2D eigenvalue weighted by molar-refractivity contribution is -0.121. The fourth-order valence-electron chi connectivity index (χ4n) is 3.36. The first kappa shape index (κ1) is 24.3. The molecule has 2 aromatic rings. The highest BCUT2D eigenvalue weighted by Gasteiger charge is 2.27. The van der Waals surface area contributed by atoms with Gasteiger partial charge in [-0.2, -0.15) is 8.61 Å². The zero-order chi connectivity index (χ0) is 23.4. The number of benzene rings is 2. The molecule has 0 spiro atoms. The number of rotatable bonds is 9. The molecule has 1 saturated heterocycles. The number of nitrogens with zero attached hydrogens (tertiary/aromatic N) is 2. The zero-order valence-corrected chi connectivity index (χ0v) is 19.3. The van der Waals surface area contributed by atoms with Crippen molar-refractivity contribution in [3.63, 3.8) is 0 Å². The third kappa shape index (κ3) is 6.35. The second-order valence-electron chi connectivity index (χ2n) is 7.69. The van der Waals surface area contributed by atoms with E-state index < -0.39 is 38.3 Å². The molecule has 0 radical (unpaired) electrons. The molecule has 1 N–H and O–H groups in total. The van der Waals surface area contributed by atoms with Crippen LogP contribution in [0.4, 0.5) is 4.39 Å². The zero-order valence-electron chi connectivity index (χ0n) is 17.7. The summed E-state index contributed by atoms with van der Waals surface area (Å²) in [4.78, 5) is 12.5. The molecule has 1 amide bonds. The van der Waals surface area contributed by atoms with Crippen LogP contribution in [-0.2, 0) is 37.9 Å². The van der Waals surface area contributed by atoms with Gasteiger partial charge in [0.25, 0.3) is 0 Å². The second-order valence-corrected chi connectivity index (χ2v) is 11.6. The van der Waals surface area contributed by atoms with Crippen LogP contribution in [-0.4, -0.2) is 57.2 Å². The standard InChI is InChI=1S/C21H26FN3O5S2/c1-31(27,28)25(15-18-4-8-19(22)9-5-18)16-21(26)23-14-17-6-10-20(11-7-17)32(29,30)24-12-2-3-13-24/h4-11H,2-3,12-16H2,1H3,(H,23,26). The van der Waals surface area contributed by atoms with Gasteiger partial charge in [-0.05, 0) is 48.2 Å². The fourth-order valence-corrected chi connectivity index (χ4v) is 5.61. The molecule has 3 rings (SSSR count). The predicted octanol–water partition coefficient (Wildman–Crippen LogP) is 1.69. The number of carbonyl (C=O) groups excluding carboxylic acids is 1. The van der Waals surface area contributed by atoms with Crippen LogP contribution in [0.5, 0.6) is 0 Å². The molecule has 8 nitrogen and oxygen atoms in total. The summed E-state index contributed by atoms with van der Waals surface area (Å²) in [6.07, 6.45) is 2.72. The summed E-state index contributed by atoms with van der Waals surface area (Å²) in [6, 6.07) is 11.6. The quantitative estimate of drug-likeness (QED) is 0.585. The predicted molar refractivity (Wildman–Crippen MR) is 118 cm³/mol. The smallest absolute Gasteiger partial charge is 0.243 e. The molecule has 0 atom stereocenters. The molecular weight excluding hydrogens is 457 g/mol. The van der Waals surface area contributed by atoms with Crippen LogP contribution in [0.25, 0.3) is 0 Å². The van der Waals surface area contributed by atoms with Crippen molar-refractivity contribution in [1.29, 1.82) is 0 Å². The maximum atomic E-state index is 13.1. The third-order valence-electron chi connectivity index (χ3n) is 5.18. The highest BCUT2D eigenvalue weighted by Crippen LogP contribution is 2.21. The van der Waals surface area contributed by atoms with E-state index in [4.69, 9.17) is 0 Å². The van der Waals surface area contributed by atoms with Crippen molar-refractivity contribution in [2.75, 3.05) is 25.9 Å². The van der Waals surface area contributed by atoms with Crippen LogP contribution in [0, 0.1) is 5.82 Å². The molecule has 2 aromatic carbocycles. The van der Waals surface area contributed by atoms with E-state index in [9.17, 15) is 26.0 Å². The molecule has 1 fully saturated rings. The van der Waals surface area contributed by atoms with Gasteiger partial charge in [-0.25, -0.2) is 21.2 Å². The van der Waals surface area contributed by atoms with Crippen molar-refractivity contribution < 1.29 is 26.0 Å². The summed E-state index contributed by atoms with van der Waals surface area (Å²) in [5, 5.41) is 2.64. The van der Waals surface area contributed by atoms with Crippen molar-refractivity contribution >= 4 is 26.0 Å². The van der Waals surface area contributed by atoms with Crippen LogP contribution < -0.4 is 5.32 Å². The van der Waals surface area contributed by atoms with Crippen molar-refractivity contribution in [1.82, 2.24) is 13.9 Å². The molecule has 174 valence electrons. The minimum Gasteiger partial charge on any atom is -0.351 e. The average molecular weight is 484 g/mol. The number of hydrogen-bond donors (Lipinski definition) is 1. The van der Waals surface area contributed by atoms with Gasteiger partial charge in [0.1, 0.15) is 5.82 Å². The highest BCUT2D eigenvalue weighted by molar-refractivity contribution is 7.89. The Labute approximate surface area is 188 Å². The van der Waals surface area contributed by atoms with Gasteiger partial charge in [-0.3, -0.25) is 4.79 Å². The van der Waals surface area contributed by atoms with Crippen LogP contribution in [0.3, 0.4) is 0 Å². The van der Waals surface area contributed by atoms with Crippen molar-refractivity contribution in [3.8, 4) is 0 Å². The summed E-state index contributed by atoms with van der Waals surface area (Å²) in [5.74, 6) is -0.942. The van der Waals surface area contributed by atoms with Crippen molar-refractivity contribution in [2.24, 2.45) is 0 Å². The molecule has 0 aliphatic carbocycles. The molecule has 0 saturated carbocycles. The van der Waals surface area contributed by atoms with E-state index in [1.807, 2.05) is 0 Å². The fraction of sp³-hybridized carbons (Fsp3) is 0.381. The van der Waals surface area contributed by atoms with E-state index in [2.05, 4.69) is 5.32 Å². The lowest BCUT2D eigenvalue weighted by atomic mass is 10.2. The van der Waals surface area contributed by atoms with Crippen molar-refractivity contribution in [2.45, 2.75) is 30.8 Å². The van der Waals surface area contributed by atoms with Gasteiger partial charge in [0.15, 0.2) is 0 Å². The van der Waals surface area contributed by atoms with E-state index in [-0.39, 0.29) is 18.0 Å². The molecule has 1 aliphatic rings. The Hall–Kier alpha value is -2.34. The molecule has 0 unspecified atom stereocenters. The van der Waals surface area contributed by atoms with Crippen LogP contribution >= 0.6 is 0 Å². The number of carbonyl (C=O) groups is 1. The average Bonchev–Trinajstić information content (AvgIpc) is 3.29. The Balaban J connectivity index is 1.58. The number of halogens is 1. The van der Waals surface area contributed by atoms with Crippen molar-refractivity contribution in [3.05, 3.63) is 65.5 Å². The lowest BCUT2D eigenvalue weighted by Gasteiger charge is -2.19. The normalized spacial score (nSPS) is 15.2. The molecule has 32 heavy (non-hydrogen) atoms. The number of nitrogens with one attached hydrogen (secondary N) is 1. The first-order valence-corrected chi connectivity index (χ1v) is 13.4. The number of amides is 1. The summed E-state index contributed by atoms with van der Waals surface area (Å²) < 4.78 is 64.8. The lowest BCUT2D eigenvalue weighted by Crippen LogP contribution is -2.39. The first-order valence-electron chi connectivity index (χ1n) is 10.1. The van der Waals surface area contributed by atoms with E-state index in [0.29, 0.717) is 24.2 Å². The number of hydrogen-bond acceptors (Lipinski definition) is 5. The monoisotopic (exact) mass is 483 g/mol. The largest absolute Gasteiger partial charge is 0.351 e. The van der Waals surface area contributed by atoms with Gasteiger partial charge in [0.2, 0.25) is 26.0 Å². The van der Waals surface area contributed by atoms with Gasteiger partial charge in [0.05, 0.1) is 17.7 Å². The second kappa shape index (κ2) is 10.1. The highest BCUT2D eigenvalue weighted by atomic mass is 32.2. The molecule has 11 heteroatoms. The van der Waals surface area contributed by atoms with Crippen LogP contribution in [0.1, 0.15) is 24.0 Å². The Morgan fingerprint density at radius 3 is 2.09 bits per heavy atom. The van der Waals surface area contributed by atoms with Crippen LogP contribution in [0.2, 0.25) is 0 Å². The molecule has 0 bridgehead atoms. The SMILES string of the molecule is CS(=O)(=O)N(CC(=O)NCc1ccc(S(=O)(=O)N2CCCC2)cc1)Cc1ccc(F)cc1. The molecule has 1 heterocycles. The maximum Gasteiger partial charge on any atom is 0.243 e. The van der Waals surface area contributed by atoms with E-state index >= 15 is 0 Å². The topological polar surface area (TPSA) is 104 Å². The Morgan fingerprint density at radius 1 is 0.969 bits per heavy atom.